The Morgan fingerprint density at radius 3 is 2.73 bits per heavy atom. The maximum atomic E-state index is 13.3. The Labute approximate surface area is 176 Å². The summed E-state index contributed by atoms with van der Waals surface area (Å²) in [6.07, 6.45) is 1.37. The molecule has 4 rings (SSSR count). The molecule has 2 heterocycles. The van der Waals surface area contributed by atoms with Gasteiger partial charge in [0.25, 0.3) is 5.91 Å². The monoisotopic (exact) mass is 470 g/mol. The first-order chi connectivity index (χ1) is 14.5. The van der Waals surface area contributed by atoms with Crippen molar-refractivity contribution in [2.75, 3.05) is 5.73 Å². The lowest BCUT2D eigenvalue weighted by atomic mass is 10.1. The number of benzene rings is 2. The molecule has 0 spiro atoms. The number of halogens is 2. The van der Waals surface area contributed by atoms with Crippen LogP contribution in [0.5, 0.6) is 0 Å². The number of aromatic nitrogens is 5. The zero-order valence-corrected chi connectivity index (χ0v) is 16.6. The number of rotatable bonds is 5. The highest BCUT2D eigenvalue weighted by Gasteiger charge is 2.25. The smallest absolute Gasteiger partial charge is 0.292 e. The number of hydrogen-bond donors (Lipinski definition) is 2. The van der Waals surface area contributed by atoms with Crippen LogP contribution < -0.4 is 11.2 Å². The molecule has 2 aromatic heterocycles. The number of amides is 1. The Hall–Kier alpha value is -3.93. The van der Waals surface area contributed by atoms with Crippen molar-refractivity contribution in [2.24, 2.45) is 5.10 Å². The first-order valence-electron chi connectivity index (χ1n) is 8.42. The molecule has 0 aliphatic carbocycles. The quantitative estimate of drug-likeness (QED) is 0.337. The molecule has 0 radical (unpaired) electrons. The molecule has 0 fully saturated rings. The van der Waals surface area contributed by atoms with Crippen LogP contribution in [0.2, 0.25) is 0 Å². The predicted octanol–water partition coefficient (Wildman–Crippen LogP) is 2.57. The molecule has 30 heavy (non-hydrogen) atoms. The van der Waals surface area contributed by atoms with Crippen molar-refractivity contribution in [2.45, 2.75) is 0 Å². The third-order valence-electron chi connectivity index (χ3n) is 3.95. The topological polar surface area (TPSA) is 137 Å². The maximum absolute atomic E-state index is 13.3. The molecule has 12 heteroatoms. The summed E-state index contributed by atoms with van der Waals surface area (Å²) < 4.78 is 19.3. The van der Waals surface area contributed by atoms with Crippen molar-refractivity contribution in [3.05, 3.63) is 70.1 Å². The number of hydrogen-bond acceptors (Lipinski definition) is 8. The van der Waals surface area contributed by atoms with Gasteiger partial charge < -0.3 is 5.73 Å². The Balaban J connectivity index is 1.68. The van der Waals surface area contributed by atoms with Gasteiger partial charge in [0.05, 0.1) is 10.7 Å². The fourth-order valence-electron chi connectivity index (χ4n) is 2.57. The van der Waals surface area contributed by atoms with Gasteiger partial charge in [0.2, 0.25) is 11.6 Å². The highest BCUT2D eigenvalue weighted by atomic mass is 79.9. The first-order valence-corrected chi connectivity index (χ1v) is 9.22. The number of carbonyl (C=O) groups is 1. The highest BCUT2D eigenvalue weighted by Crippen LogP contribution is 2.24. The number of nitrogens with two attached hydrogens (primary N) is 1. The van der Waals surface area contributed by atoms with Gasteiger partial charge in [-0.1, -0.05) is 41.6 Å². The summed E-state index contributed by atoms with van der Waals surface area (Å²) in [5.41, 5.74) is 9.68. The molecule has 150 valence electrons. The minimum Gasteiger partial charge on any atom is -0.378 e. The molecule has 0 aliphatic rings. The summed E-state index contributed by atoms with van der Waals surface area (Å²) in [5.74, 6) is -1.08. The van der Waals surface area contributed by atoms with Crippen LogP contribution in [0.3, 0.4) is 0 Å². The van der Waals surface area contributed by atoms with E-state index in [4.69, 9.17) is 5.73 Å². The van der Waals surface area contributed by atoms with Crippen LogP contribution in [-0.2, 0) is 0 Å². The minimum atomic E-state index is -0.626. The van der Waals surface area contributed by atoms with Gasteiger partial charge in [0, 0.05) is 5.56 Å². The summed E-state index contributed by atoms with van der Waals surface area (Å²) >= 11 is 3.09. The van der Waals surface area contributed by atoms with Crippen LogP contribution in [0.4, 0.5) is 10.2 Å². The van der Waals surface area contributed by atoms with E-state index in [9.17, 15) is 9.18 Å². The standard InChI is InChI=1S/C18H12BrFN8O2/c19-12-8-10(6-7-13(12)20)9-22-24-18(29)15-14(11-4-2-1-3-5-11)23-27-28(15)17-16(21)25-30-26-17/h1-9H,(H2,21,25)(H,24,29)/b22-9-. The molecule has 0 saturated heterocycles. The second kappa shape index (κ2) is 8.21. The lowest BCUT2D eigenvalue weighted by Gasteiger charge is -2.05. The summed E-state index contributed by atoms with van der Waals surface area (Å²) in [6.45, 7) is 0. The molecular formula is C18H12BrFN8O2. The largest absolute Gasteiger partial charge is 0.378 e. The zero-order valence-electron chi connectivity index (χ0n) is 15.0. The average Bonchev–Trinajstić information content (AvgIpc) is 3.37. The van der Waals surface area contributed by atoms with Gasteiger partial charge in [-0.25, -0.2) is 14.4 Å². The molecule has 0 bridgehead atoms. The van der Waals surface area contributed by atoms with E-state index in [0.717, 1.165) is 4.68 Å². The van der Waals surface area contributed by atoms with Crippen molar-refractivity contribution >= 4 is 33.9 Å². The van der Waals surface area contributed by atoms with E-state index in [1.54, 1.807) is 24.3 Å². The molecule has 10 nitrogen and oxygen atoms in total. The van der Waals surface area contributed by atoms with Crippen molar-refractivity contribution < 1.29 is 13.8 Å². The molecule has 0 unspecified atom stereocenters. The van der Waals surface area contributed by atoms with Gasteiger partial charge in [0.15, 0.2) is 5.69 Å². The summed E-state index contributed by atoms with van der Waals surface area (Å²) in [5, 5.41) is 19.1. The van der Waals surface area contributed by atoms with Crippen LogP contribution >= 0.6 is 15.9 Å². The summed E-state index contributed by atoms with van der Waals surface area (Å²) in [6, 6.07) is 13.3. The van der Waals surface area contributed by atoms with E-state index >= 15 is 0 Å². The number of hydrazone groups is 1. The lowest BCUT2D eigenvalue weighted by Crippen LogP contribution is -2.22. The van der Waals surface area contributed by atoms with Crippen molar-refractivity contribution in [1.29, 1.82) is 0 Å². The predicted molar refractivity (Wildman–Crippen MR) is 108 cm³/mol. The normalized spacial score (nSPS) is 11.1. The van der Waals surface area contributed by atoms with E-state index in [-0.39, 0.29) is 27.5 Å². The van der Waals surface area contributed by atoms with Gasteiger partial charge in [-0.15, -0.1) is 5.10 Å². The van der Waals surface area contributed by atoms with Crippen LogP contribution in [-0.4, -0.2) is 37.4 Å². The average molecular weight is 471 g/mol. The highest BCUT2D eigenvalue weighted by molar-refractivity contribution is 9.10. The van der Waals surface area contributed by atoms with E-state index in [2.05, 4.69) is 51.7 Å². The summed E-state index contributed by atoms with van der Waals surface area (Å²) in [7, 11) is 0. The van der Waals surface area contributed by atoms with Gasteiger partial charge in [0.1, 0.15) is 11.5 Å². The number of carbonyl (C=O) groups excluding carboxylic acids is 1. The fraction of sp³-hybridized carbons (Fsp3) is 0. The van der Waals surface area contributed by atoms with Crippen LogP contribution in [0.1, 0.15) is 16.1 Å². The zero-order chi connectivity index (χ0) is 21.1. The fourth-order valence-corrected chi connectivity index (χ4v) is 2.97. The Kier molecular flexibility index (Phi) is 5.30. The first kappa shape index (κ1) is 19.4. The third kappa shape index (κ3) is 3.80. The van der Waals surface area contributed by atoms with Crippen molar-refractivity contribution in [3.63, 3.8) is 0 Å². The molecule has 0 aliphatic heterocycles. The second-order valence-corrected chi connectivity index (χ2v) is 6.76. The van der Waals surface area contributed by atoms with Crippen LogP contribution in [0.15, 0.2) is 62.7 Å². The van der Waals surface area contributed by atoms with E-state index in [1.807, 2.05) is 6.07 Å². The van der Waals surface area contributed by atoms with E-state index < -0.39 is 11.7 Å². The number of nitrogen functional groups attached to an aromatic ring is 1. The molecule has 3 N–H and O–H groups in total. The Bertz CT molecular complexity index is 1240. The van der Waals surface area contributed by atoms with E-state index in [0.29, 0.717) is 11.1 Å². The third-order valence-corrected chi connectivity index (χ3v) is 4.56. The van der Waals surface area contributed by atoms with E-state index in [1.165, 1.54) is 24.4 Å². The molecule has 0 atom stereocenters. The molecule has 1 amide bonds. The van der Waals surface area contributed by atoms with Crippen molar-refractivity contribution in [1.82, 2.24) is 30.7 Å². The minimum absolute atomic E-state index is 0.0151. The SMILES string of the molecule is Nc1nonc1-n1nnc(-c2ccccc2)c1C(=O)N/N=C\c1ccc(F)c(Br)c1. The van der Waals surface area contributed by atoms with Gasteiger partial charge in [-0.2, -0.15) is 9.78 Å². The van der Waals surface area contributed by atoms with Crippen molar-refractivity contribution in [3.8, 4) is 17.1 Å². The summed E-state index contributed by atoms with van der Waals surface area (Å²) in [4.78, 5) is 12.9. The molecule has 0 saturated carbocycles. The maximum Gasteiger partial charge on any atom is 0.292 e. The Morgan fingerprint density at radius 1 is 1.23 bits per heavy atom. The Morgan fingerprint density at radius 2 is 2.03 bits per heavy atom. The van der Waals surface area contributed by atoms with Gasteiger partial charge >= 0.3 is 0 Å². The molecule has 2 aromatic carbocycles. The van der Waals surface area contributed by atoms with Crippen LogP contribution in [0, 0.1) is 5.82 Å². The number of nitrogens with one attached hydrogen (secondary N) is 1. The number of nitrogens with zero attached hydrogens (tertiary/aromatic N) is 6. The van der Waals surface area contributed by atoms with Gasteiger partial charge in [-0.05, 0) is 43.9 Å². The lowest BCUT2D eigenvalue weighted by molar-refractivity contribution is 0.0948. The number of anilines is 1. The molecule has 4 aromatic rings. The molecular weight excluding hydrogens is 459 g/mol. The van der Waals surface area contributed by atoms with Crippen LogP contribution in [0.25, 0.3) is 17.1 Å². The second-order valence-electron chi connectivity index (χ2n) is 5.91. The van der Waals surface area contributed by atoms with Gasteiger partial charge in [-0.3, -0.25) is 4.79 Å².